The highest BCUT2D eigenvalue weighted by molar-refractivity contribution is 6.04. The van der Waals surface area contributed by atoms with Crippen molar-refractivity contribution in [1.82, 2.24) is 4.98 Å². The van der Waals surface area contributed by atoms with Crippen LogP contribution in [0.15, 0.2) is 65.1 Å². The van der Waals surface area contributed by atoms with Crippen molar-refractivity contribution < 1.29 is 18.7 Å². The second-order valence-corrected chi connectivity index (χ2v) is 7.95. The van der Waals surface area contributed by atoms with Gasteiger partial charge in [-0.3, -0.25) is 4.79 Å². The number of benzene rings is 3. The third kappa shape index (κ3) is 3.91. The summed E-state index contributed by atoms with van der Waals surface area (Å²) in [6.45, 7) is 5.38. The molecule has 1 aliphatic rings. The predicted octanol–water partition coefficient (Wildman–Crippen LogP) is 6.03. The zero-order valence-corrected chi connectivity index (χ0v) is 18.1. The molecule has 1 atom stereocenters. The van der Waals surface area contributed by atoms with Crippen LogP contribution in [0.25, 0.3) is 22.6 Å². The van der Waals surface area contributed by atoms with E-state index in [1.807, 2.05) is 30.3 Å². The van der Waals surface area contributed by atoms with Gasteiger partial charge < -0.3 is 19.2 Å². The first-order valence-corrected chi connectivity index (χ1v) is 10.8. The lowest BCUT2D eigenvalue weighted by Crippen LogP contribution is -2.17. The Bertz CT molecular complexity index is 1280. The third-order valence-corrected chi connectivity index (χ3v) is 5.79. The highest BCUT2D eigenvalue weighted by atomic mass is 16.6. The lowest BCUT2D eigenvalue weighted by molar-refractivity contribution is 0.102. The molecule has 0 spiro atoms. The van der Waals surface area contributed by atoms with Crippen molar-refractivity contribution in [3.63, 3.8) is 0 Å². The van der Waals surface area contributed by atoms with Crippen LogP contribution in [-0.4, -0.2) is 24.1 Å². The molecule has 0 saturated carbocycles. The Morgan fingerprint density at radius 1 is 1.00 bits per heavy atom. The Kier molecular flexibility index (Phi) is 5.27. The van der Waals surface area contributed by atoms with Crippen molar-refractivity contribution in [3.05, 3.63) is 71.8 Å². The molecule has 2 heterocycles. The summed E-state index contributed by atoms with van der Waals surface area (Å²) >= 11 is 0. The van der Waals surface area contributed by atoms with E-state index in [1.54, 1.807) is 18.2 Å². The second-order valence-electron chi connectivity index (χ2n) is 7.95. The summed E-state index contributed by atoms with van der Waals surface area (Å²) in [7, 11) is 0. The van der Waals surface area contributed by atoms with Crippen LogP contribution in [0.3, 0.4) is 0 Å². The van der Waals surface area contributed by atoms with E-state index >= 15 is 0 Å². The number of nitrogens with one attached hydrogen (secondary N) is 1. The molecule has 6 nitrogen and oxygen atoms in total. The number of amides is 1. The van der Waals surface area contributed by atoms with Crippen LogP contribution in [0.2, 0.25) is 0 Å². The minimum absolute atomic E-state index is 0.214. The van der Waals surface area contributed by atoms with Crippen LogP contribution in [0, 0.1) is 0 Å². The van der Waals surface area contributed by atoms with Gasteiger partial charge in [-0.25, -0.2) is 4.98 Å². The highest BCUT2D eigenvalue weighted by Crippen LogP contribution is 2.31. The Morgan fingerprint density at radius 2 is 1.78 bits per heavy atom. The molecule has 0 unspecified atom stereocenters. The van der Waals surface area contributed by atoms with E-state index in [1.165, 1.54) is 5.56 Å². The number of nitrogens with zero attached hydrogens (tertiary/aromatic N) is 1. The standard InChI is InChI=1S/C26H24N2O4/c1-3-16(2)18-6-10-22-21(14-18)28-26(32-22)17-4-8-20(9-5-17)27-25(29)19-7-11-23-24(15-19)31-13-12-30-23/h4-11,14-16H,3,12-13H2,1-2H3,(H,27,29)/t16-/m0/s1. The molecule has 6 heteroatoms. The fourth-order valence-corrected chi connectivity index (χ4v) is 3.69. The second kappa shape index (κ2) is 8.38. The zero-order valence-electron chi connectivity index (χ0n) is 18.1. The smallest absolute Gasteiger partial charge is 0.255 e. The minimum atomic E-state index is -0.214. The molecule has 4 aromatic rings. The molecular formula is C26H24N2O4. The Morgan fingerprint density at radius 3 is 2.56 bits per heavy atom. The third-order valence-electron chi connectivity index (χ3n) is 5.79. The van der Waals surface area contributed by atoms with Gasteiger partial charge in [0, 0.05) is 16.8 Å². The van der Waals surface area contributed by atoms with E-state index in [0.29, 0.717) is 47.8 Å². The average Bonchev–Trinajstić information content (AvgIpc) is 3.27. The van der Waals surface area contributed by atoms with Crippen LogP contribution in [0.4, 0.5) is 5.69 Å². The van der Waals surface area contributed by atoms with Gasteiger partial charge in [0.25, 0.3) is 5.91 Å². The van der Waals surface area contributed by atoms with Crippen molar-refractivity contribution in [2.24, 2.45) is 0 Å². The number of hydrogen-bond donors (Lipinski definition) is 1. The monoisotopic (exact) mass is 428 g/mol. The molecule has 0 radical (unpaired) electrons. The quantitative estimate of drug-likeness (QED) is 0.420. The van der Waals surface area contributed by atoms with Crippen molar-refractivity contribution in [1.29, 1.82) is 0 Å². The van der Waals surface area contributed by atoms with Crippen LogP contribution in [0.5, 0.6) is 11.5 Å². The lowest BCUT2D eigenvalue weighted by Gasteiger charge is -2.18. The van der Waals surface area contributed by atoms with Gasteiger partial charge in [-0.2, -0.15) is 0 Å². The minimum Gasteiger partial charge on any atom is -0.486 e. The first-order chi connectivity index (χ1) is 15.6. The molecule has 0 bridgehead atoms. The van der Waals surface area contributed by atoms with Crippen molar-refractivity contribution >= 4 is 22.7 Å². The van der Waals surface area contributed by atoms with Crippen molar-refractivity contribution in [3.8, 4) is 23.0 Å². The maximum absolute atomic E-state index is 12.6. The van der Waals surface area contributed by atoms with Crippen LogP contribution < -0.4 is 14.8 Å². The highest BCUT2D eigenvalue weighted by Gasteiger charge is 2.16. The number of ether oxygens (including phenoxy) is 2. The van der Waals surface area contributed by atoms with E-state index in [-0.39, 0.29) is 5.91 Å². The number of rotatable bonds is 5. The molecule has 5 rings (SSSR count). The molecule has 0 fully saturated rings. The fourth-order valence-electron chi connectivity index (χ4n) is 3.69. The van der Waals surface area contributed by atoms with E-state index < -0.39 is 0 Å². The Hall–Kier alpha value is -3.80. The summed E-state index contributed by atoms with van der Waals surface area (Å²) in [4.78, 5) is 17.3. The van der Waals surface area contributed by atoms with Gasteiger partial charge in [-0.15, -0.1) is 0 Å². The summed E-state index contributed by atoms with van der Waals surface area (Å²) in [5.74, 6) is 2.08. The van der Waals surface area contributed by atoms with E-state index in [4.69, 9.17) is 13.9 Å². The first kappa shape index (κ1) is 20.1. The largest absolute Gasteiger partial charge is 0.486 e. The number of anilines is 1. The maximum Gasteiger partial charge on any atom is 0.255 e. The molecule has 162 valence electrons. The summed E-state index contributed by atoms with van der Waals surface area (Å²) < 4.78 is 17.0. The van der Waals surface area contributed by atoms with Gasteiger partial charge in [0.2, 0.25) is 5.89 Å². The topological polar surface area (TPSA) is 73.6 Å². The Balaban J connectivity index is 1.32. The first-order valence-electron chi connectivity index (χ1n) is 10.8. The molecular weight excluding hydrogens is 404 g/mol. The number of carbonyl (C=O) groups is 1. The van der Waals surface area contributed by atoms with Gasteiger partial charge in [0.15, 0.2) is 17.1 Å². The molecule has 1 aliphatic heterocycles. The van der Waals surface area contributed by atoms with Gasteiger partial charge in [-0.05, 0) is 72.5 Å². The van der Waals surface area contributed by atoms with Gasteiger partial charge in [-0.1, -0.05) is 19.9 Å². The van der Waals surface area contributed by atoms with Crippen LogP contribution in [-0.2, 0) is 0 Å². The predicted molar refractivity (Wildman–Crippen MR) is 124 cm³/mol. The zero-order chi connectivity index (χ0) is 22.1. The molecule has 3 aromatic carbocycles. The molecule has 1 aromatic heterocycles. The molecule has 0 aliphatic carbocycles. The molecule has 32 heavy (non-hydrogen) atoms. The SMILES string of the molecule is CC[C@H](C)c1ccc2oc(-c3ccc(NC(=O)c4ccc5c(c4)OCCO5)cc3)nc2c1. The summed E-state index contributed by atoms with van der Waals surface area (Å²) in [6.07, 6.45) is 1.08. The van der Waals surface area contributed by atoms with Gasteiger partial charge in [0.1, 0.15) is 18.7 Å². The summed E-state index contributed by atoms with van der Waals surface area (Å²) in [6, 6.07) is 18.8. The van der Waals surface area contributed by atoms with Crippen molar-refractivity contribution in [2.45, 2.75) is 26.2 Å². The number of aromatic nitrogens is 1. The number of hydrogen-bond acceptors (Lipinski definition) is 5. The number of fused-ring (bicyclic) bond motifs is 2. The molecule has 1 N–H and O–H groups in total. The van der Waals surface area contributed by atoms with Gasteiger partial charge >= 0.3 is 0 Å². The molecule has 1 amide bonds. The summed E-state index contributed by atoms with van der Waals surface area (Å²) in [5, 5.41) is 2.91. The van der Waals surface area contributed by atoms with Gasteiger partial charge in [0.05, 0.1) is 0 Å². The number of oxazole rings is 1. The average molecular weight is 428 g/mol. The van der Waals surface area contributed by atoms with Crippen LogP contribution >= 0.6 is 0 Å². The van der Waals surface area contributed by atoms with E-state index in [9.17, 15) is 4.79 Å². The Labute approximate surface area is 186 Å². The lowest BCUT2D eigenvalue weighted by atomic mass is 9.98. The number of carbonyl (C=O) groups excluding carboxylic acids is 1. The fraction of sp³-hybridized carbons (Fsp3) is 0.231. The maximum atomic E-state index is 12.6. The van der Waals surface area contributed by atoms with Crippen LogP contribution in [0.1, 0.15) is 42.1 Å². The van der Waals surface area contributed by atoms with E-state index in [0.717, 1.165) is 23.1 Å². The normalized spacial score (nSPS) is 13.7. The molecule has 0 saturated heterocycles. The van der Waals surface area contributed by atoms with E-state index in [2.05, 4.69) is 36.3 Å². The van der Waals surface area contributed by atoms with Crippen molar-refractivity contribution in [2.75, 3.05) is 18.5 Å². The summed E-state index contributed by atoms with van der Waals surface area (Å²) in [5.41, 5.74) is 4.93.